The summed E-state index contributed by atoms with van der Waals surface area (Å²) in [7, 11) is 0. The van der Waals surface area contributed by atoms with Crippen LogP contribution in [0.3, 0.4) is 0 Å². The molecule has 0 aromatic heterocycles. The summed E-state index contributed by atoms with van der Waals surface area (Å²) in [6, 6.07) is 20.2. The molecule has 2 radical (unpaired) electrons. The van der Waals surface area contributed by atoms with Crippen molar-refractivity contribution in [2.24, 2.45) is 0 Å². The van der Waals surface area contributed by atoms with E-state index in [-0.39, 0.29) is 16.5 Å². The number of hydrogen-bond donors (Lipinski definition) is 1. The second-order valence-electron chi connectivity index (χ2n) is 7.45. The molecular formula is C24H19AsCl2N2O2. The normalized spacial score (nSPS) is 13.6. The van der Waals surface area contributed by atoms with Gasteiger partial charge in [0.1, 0.15) is 0 Å². The van der Waals surface area contributed by atoms with Crippen LogP contribution in [0.4, 0.5) is 5.69 Å². The Morgan fingerprint density at radius 2 is 1.71 bits per heavy atom. The monoisotopic (exact) mass is 512 g/mol. The molecule has 1 aliphatic heterocycles. The fraction of sp³-hybridized carbons (Fsp3) is 0.167. The zero-order valence-corrected chi connectivity index (χ0v) is 19.9. The Balaban J connectivity index is 1.41. The quantitative estimate of drug-likeness (QED) is 0.472. The second-order valence-corrected chi connectivity index (χ2v) is 9.61. The Hall–Kier alpha value is -2.26. The molecule has 0 fully saturated rings. The van der Waals surface area contributed by atoms with Crippen LogP contribution in [0.1, 0.15) is 27.0 Å². The van der Waals surface area contributed by atoms with Crippen LogP contribution in [0.2, 0.25) is 14.8 Å². The minimum atomic E-state index is -0.266. The first-order valence-electron chi connectivity index (χ1n) is 9.79. The molecule has 7 heteroatoms. The molecule has 1 atom stereocenters. The van der Waals surface area contributed by atoms with E-state index in [9.17, 15) is 9.59 Å². The summed E-state index contributed by atoms with van der Waals surface area (Å²) in [6.45, 7) is 1.08. The number of nitrogens with one attached hydrogen (secondary N) is 1. The summed E-state index contributed by atoms with van der Waals surface area (Å²) < 4.78 is -0.266. The number of amides is 2. The van der Waals surface area contributed by atoms with Gasteiger partial charge in [0.05, 0.1) is 0 Å². The van der Waals surface area contributed by atoms with Gasteiger partial charge < -0.3 is 0 Å². The van der Waals surface area contributed by atoms with Gasteiger partial charge >= 0.3 is 195 Å². The van der Waals surface area contributed by atoms with Gasteiger partial charge in [-0.2, -0.15) is 0 Å². The van der Waals surface area contributed by atoms with Gasteiger partial charge in [0.2, 0.25) is 0 Å². The molecule has 3 aromatic rings. The summed E-state index contributed by atoms with van der Waals surface area (Å²) >= 11 is 14.7. The standard InChI is InChI=1S/C24H19AsCl2N2O2/c25-21(11-16-6-8-19(26)12-22(16)27)24(31)29-13-17-7-9-20(10-18(17)14-29)28-23(30)15-4-2-1-3-5-15/h1-10,12,21H,11,13-14H2,(H,28,30). The van der Waals surface area contributed by atoms with Crippen molar-refractivity contribution in [3.8, 4) is 0 Å². The predicted molar refractivity (Wildman–Crippen MR) is 125 cm³/mol. The summed E-state index contributed by atoms with van der Waals surface area (Å²) in [5.74, 6) is -0.102. The van der Waals surface area contributed by atoms with E-state index in [0.29, 0.717) is 35.1 Å². The molecule has 4 nitrogen and oxygen atoms in total. The maximum absolute atomic E-state index is 13.0. The molecule has 0 bridgehead atoms. The van der Waals surface area contributed by atoms with Crippen molar-refractivity contribution < 1.29 is 9.59 Å². The Labute approximate surface area is 200 Å². The molecular weight excluding hydrogens is 494 g/mol. The van der Waals surface area contributed by atoms with Crippen LogP contribution in [0, 0.1) is 0 Å². The summed E-state index contributed by atoms with van der Waals surface area (Å²) in [5.41, 5.74) is 4.36. The zero-order valence-electron chi connectivity index (χ0n) is 16.5. The molecule has 0 saturated carbocycles. The molecule has 2 amide bonds. The van der Waals surface area contributed by atoms with E-state index in [1.165, 1.54) is 0 Å². The number of rotatable bonds is 5. The van der Waals surface area contributed by atoms with E-state index in [1.807, 2.05) is 47.4 Å². The number of nitrogens with zero attached hydrogens (tertiary/aromatic N) is 1. The third kappa shape index (κ3) is 5.15. The van der Waals surface area contributed by atoms with Gasteiger partial charge in [-0.25, -0.2) is 0 Å². The molecule has 0 aliphatic carbocycles. The number of fused-ring (bicyclic) bond motifs is 1. The molecule has 4 rings (SSSR count). The van der Waals surface area contributed by atoms with Crippen LogP contribution in [0.15, 0.2) is 66.7 Å². The van der Waals surface area contributed by atoms with Crippen molar-refractivity contribution in [1.82, 2.24) is 4.90 Å². The van der Waals surface area contributed by atoms with Gasteiger partial charge in [-0.3, -0.25) is 0 Å². The van der Waals surface area contributed by atoms with Crippen LogP contribution >= 0.6 is 23.2 Å². The fourth-order valence-electron chi connectivity index (χ4n) is 3.61. The van der Waals surface area contributed by atoms with E-state index in [1.54, 1.807) is 24.3 Å². The van der Waals surface area contributed by atoms with Gasteiger partial charge in [-0.05, 0) is 0 Å². The number of carbonyl (C=O) groups excluding carboxylic acids is 2. The van der Waals surface area contributed by atoms with Gasteiger partial charge in [0.15, 0.2) is 0 Å². The van der Waals surface area contributed by atoms with Crippen LogP contribution in [0.25, 0.3) is 0 Å². The van der Waals surface area contributed by atoms with Gasteiger partial charge in [-0.1, -0.05) is 6.07 Å². The molecule has 0 saturated heterocycles. The second kappa shape index (κ2) is 9.48. The maximum atomic E-state index is 13.0. The SMILES string of the molecule is O=C(Nc1ccc2c(c1)CN(C(=O)C([As])Cc1ccc(Cl)cc1Cl)C2)c1ccccc1. The predicted octanol–water partition coefficient (Wildman–Crippen LogP) is 5.29. The molecule has 1 heterocycles. The average molecular weight is 513 g/mol. The van der Waals surface area contributed by atoms with E-state index >= 15 is 0 Å². The van der Waals surface area contributed by atoms with E-state index in [2.05, 4.69) is 22.2 Å². The number of halogens is 2. The number of benzene rings is 3. The Bertz CT molecular complexity index is 1140. The van der Waals surface area contributed by atoms with Gasteiger partial charge in [-0.15, -0.1) is 0 Å². The first-order valence-corrected chi connectivity index (χ1v) is 11.6. The first kappa shape index (κ1) is 22.0. The summed E-state index contributed by atoms with van der Waals surface area (Å²) in [4.78, 5) is 27.3. The molecule has 31 heavy (non-hydrogen) atoms. The van der Waals surface area contributed by atoms with E-state index in [4.69, 9.17) is 23.2 Å². The molecule has 1 N–H and O–H groups in total. The summed E-state index contributed by atoms with van der Waals surface area (Å²) in [5, 5.41) is 4.07. The Morgan fingerprint density at radius 1 is 0.968 bits per heavy atom. The Morgan fingerprint density at radius 3 is 2.45 bits per heavy atom. The topological polar surface area (TPSA) is 49.4 Å². The van der Waals surface area contributed by atoms with Crippen molar-refractivity contribution in [3.05, 3.63) is 99.0 Å². The van der Waals surface area contributed by atoms with Crippen molar-refractivity contribution in [2.75, 3.05) is 5.32 Å². The van der Waals surface area contributed by atoms with Gasteiger partial charge in [0.25, 0.3) is 0 Å². The molecule has 1 unspecified atom stereocenters. The molecule has 156 valence electrons. The average Bonchev–Trinajstić information content (AvgIpc) is 3.19. The van der Waals surface area contributed by atoms with E-state index in [0.717, 1.165) is 22.4 Å². The van der Waals surface area contributed by atoms with Crippen LogP contribution < -0.4 is 5.32 Å². The fourth-order valence-corrected chi connectivity index (χ4v) is 4.86. The van der Waals surface area contributed by atoms with Crippen LogP contribution in [0.5, 0.6) is 0 Å². The van der Waals surface area contributed by atoms with Gasteiger partial charge in [0, 0.05) is 0 Å². The number of carbonyl (C=O) groups is 2. The van der Waals surface area contributed by atoms with Crippen molar-refractivity contribution in [2.45, 2.75) is 24.2 Å². The number of hydrogen-bond acceptors (Lipinski definition) is 2. The summed E-state index contributed by atoms with van der Waals surface area (Å²) in [6.07, 6.45) is 0.528. The minimum absolute atomic E-state index is 0.0529. The molecule has 1 aliphatic rings. The van der Waals surface area contributed by atoms with Crippen molar-refractivity contribution in [3.63, 3.8) is 0 Å². The number of anilines is 1. The van der Waals surface area contributed by atoms with Crippen LogP contribution in [-0.2, 0) is 24.3 Å². The van der Waals surface area contributed by atoms with Crippen molar-refractivity contribution >= 4 is 57.6 Å². The van der Waals surface area contributed by atoms with E-state index < -0.39 is 0 Å². The van der Waals surface area contributed by atoms with Crippen molar-refractivity contribution in [1.29, 1.82) is 0 Å². The van der Waals surface area contributed by atoms with Crippen LogP contribution in [-0.4, -0.2) is 33.6 Å². The third-order valence-electron chi connectivity index (χ3n) is 5.25. The Kier molecular flexibility index (Phi) is 6.71. The zero-order chi connectivity index (χ0) is 22.0. The molecule has 3 aromatic carbocycles. The first-order chi connectivity index (χ1) is 14.9. The third-order valence-corrected chi connectivity index (χ3v) is 6.68. The molecule has 0 spiro atoms.